The average Bonchev–Trinajstić information content (AvgIpc) is 2.46. The first-order valence-electron chi connectivity index (χ1n) is 7.72. The summed E-state index contributed by atoms with van der Waals surface area (Å²) in [5.41, 5.74) is 0.502. The van der Waals surface area contributed by atoms with Gasteiger partial charge in [0.05, 0.1) is 12.3 Å². The summed E-state index contributed by atoms with van der Waals surface area (Å²) in [4.78, 5) is 12.5. The molecule has 0 saturated carbocycles. The van der Waals surface area contributed by atoms with Crippen LogP contribution in [0, 0.1) is 4.77 Å². The molecule has 1 aromatic heterocycles. The van der Waals surface area contributed by atoms with Crippen LogP contribution in [0.4, 0.5) is 0 Å². The van der Waals surface area contributed by atoms with Crippen molar-refractivity contribution in [2.45, 2.75) is 46.1 Å². The van der Waals surface area contributed by atoms with Gasteiger partial charge in [-0.2, -0.15) is 14.9 Å². The lowest BCUT2D eigenvalue weighted by Gasteiger charge is -2.16. The summed E-state index contributed by atoms with van der Waals surface area (Å²) < 4.78 is 6.90. The second-order valence-corrected chi connectivity index (χ2v) is 7.11. The molecule has 0 bridgehead atoms. The van der Waals surface area contributed by atoms with Gasteiger partial charge in [0.2, 0.25) is 4.77 Å². The molecule has 0 saturated heterocycles. The molecular weight excluding hydrogens is 324 g/mol. The molecule has 128 valence electrons. The highest BCUT2D eigenvalue weighted by Gasteiger charge is 2.21. The lowest BCUT2D eigenvalue weighted by atomic mass is 9.93. The highest BCUT2D eigenvalue weighted by molar-refractivity contribution is 7.71. The number of rotatable bonds is 4. The molecule has 0 unspecified atom stereocenters. The Bertz CT molecular complexity index is 843. The molecular formula is C17H22N4O2S. The molecule has 2 rings (SSSR count). The standard InChI is InChI=1S/C17H22N4O2S/c1-11(2)23-13-8-6-12(7-9-13)10-18-21-15(22)14(17(3,4)5)19-20-16(21)24/h6-11H,1-5H3,(H,20,24)/b18-10-. The van der Waals surface area contributed by atoms with Crippen LogP contribution in [0.5, 0.6) is 5.75 Å². The number of nitrogens with one attached hydrogen (secondary N) is 1. The smallest absolute Gasteiger partial charge is 0.297 e. The molecule has 0 aliphatic rings. The third-order valence-electron chi connectivity index (χ3n) is 3.14. The predicted octanol–water partition coefficient (Wildman–Crippen LogP) is 3.27. The molecule has 1 aromatic carbocycles. The van der Waals surface area contributed by atoms with Crippen LogP contribution in [0.1, 0.15) is 45.9 Å². The van der Waals surface area contributed by atoms with Gasteiger partial charge in [-0.3, -0.25) is 9.89 Å². The van der Waals surface area contributed by atoms with Crippen molar-refractivity contribution in [1.82, 2.24) is 14.9 Å². The Morgan fingerprint density at radius 3 is 2.46 bits per heavy atom. The van der Waals surface area contributed by atoms with Crippen molar-refractivity contribution in [3.8, 4) is 5.75 Å². The molecule has 0 radical (unpaired) electrons. The van der Waals surface area contributed by atoms with Gasteiger partial charge in [-0.05, 0) is 55.9 Å². The van der Waals surface area contributed by atoms with E-state index in [2.05, 4.69) is 15.3 Å². The largest absolute Gasteiger partial charge is 0.491 e. The van der Waals surface area contributed by atoms with Crippen LogP contribution >= 0.6 is 12.2 Å². The van der Waals surface area contributed by atoms with E-state index in [4.69, 9.17) is 17.0 Å². The number of nitrogens with zero attached hydrogens (tertiary/aromatic N) is 3. The molecule has 0 atom stereocenters. The van der Waals surface area contributed by atoms with E-state index in [0.29, 0.717) is 5.69 Å². The van der Waals surface area contributed by atoms with E-state index in [-0.39, 0.29) is 16.4 Å². The summed E-state index contributed by atoms with van der Waals surface area (Å²) in [5.74, 6) is 0.788. The van der Waals surface area contributed by atoms with E-state index >= 15 is 0 Å². The van der Waals surface area contributed by atoms with Gasteiger partial charge < -0.3 is 4.74 Å². The monoisotopic (exact) mass is 346 g/mol. The molecule has 1 heterocycles. The minimum Gasteiger partial charge on any atom is -0.491 e. The van der Waals surface area contributed by atoms with Crippen molar-refractivity contribution in [3.05, 3.63) is 50.6 Å². The fraction of sp³-hybridized carbons (Fsp3) is 0.412. The van der Waals surface area contributed by atoms with Gasteiger partial charge in [0, 0.05) is 5.41 Å². The van der Waals surface area contributed by atoms with Crippen molar-refractivity contribution in [2.24, 2.45) is 5.10 Å². The number of aromatic nitrogens is 3. The van der Waals surface area contributed by atoms with Crippen LogP contribution in [0.15, 0.2) is 34.2 Å². The number of benzene rings is 1. The Kier molecular flexibility index (Phi) is 5.33. The topological polar surface area (TPSA) is 72.3 Å². The molecule has 1 N–H and O–H groups in total. The van der Waals surface area contributed by atoms with Gasteiger partial charge in [0.1, 0.15) is 11.4 Å². The minimum atomic E-state index is -0.399. The van der Waals surface area contributed by atoms with E-state index in [1.54, 1.807) is 6.21 Å². The average molecular weight is 346 g/mol. The second-order valence-electron chi connectivity index (χ2n) is 6.72. The predicted molar refractivity (Wildman–Crippen MR) is 97.6 cm³/mol. The maximum absolute atomic E-state index is 12.5. The maximum Gasteiger partial charge on any atom is 0.297 e. The molecule has 0 spiro atoms. The van der Waals surface area contributed by atoms with Crippen molar-refractivity contribution < 1.29 is 4.74 Å². The van der Waals surface area contributed by atoms with Gasteiger partial charge in [0.25, 0.3) is 5.56 Å². The van der Waals surface area contributed by atoms with E-state index in [9.17, 15) is 4.79 Å². The minimum absolute atomic E-state index is 0.119. The molecule has 24 heavy (non-hydrogen) atoms. The Hall–Kier alpha value is -2.28. The van der Waals surface area contributed by atoms with E-state index in [1.165, 1.54) is 0 Å². The zero-order valence-electron chi connectivity index (χ0n) is 14.5. The first kappa shape index (κ1) is 18.1. The highest BCUT2D eigenvalue weighted by Crippen LogP contribution is 2.15. The summed E-state index contributed by atoms with van der Waals surface area (Å²) >= 11 is 5.12. The number of aromatic amines is 1. The number of hydrogen-bond acceptors (Lipinski definition) is 5. The van der Waals surface area contributed by atoms with Crippen LogP contribution in [-0.4, -0.2) is 27.2 Å². The Balaban J connectivity index is 2.32. The normalized spacial score (nSPS) is 12.1. The van der Waals surface area contributed by atoms with Crippen LogP contribution in [0.2, 0.25) is 0 Å². The van der Waals surface area contributed by atoms with Gasteiger partial charge in [-0.15, -0.1) is 0 Å². The van der Waals surface area contributed by atoms with Crippen molar-refractivity contribution in [3.63, 3.8) is 0 Å². The van der Waals surface area contributed by atoms with E-state index in [0.717, 1.165) is 16.0 Å². The summed E-state index contributed by atoms with van der Waals surface area (Å²) in [5, 5.41) is 10.9. The van der Waals surface area contributed by atoms with Crippen LogP contribution in [-0.2, 0) is 5.41 Å². The first-order valence-corrected chi connectivity index (χ1v) is 8.12. The number of hydrogen-bond donors (Lipinski definition) is 1. The fourth-order valence-electron chi connectivity index (χ4n) is 2.01. The third kappa shape index (κ3) is 4.38. The number of H-pyrrole nitrogens is 1. The summed E-state index contributed by atoms with van der Waals surface area (Å²) in [6.45, 7) is 9.68. The lowest BCUT2D eigenvalue weighted by Crippen LogP contribution is -2.32. The molecule has 2 aromatic rings. The number of ether oxygens (including phenoxy) is 1. The van der Waals surface area contributed by atoms with Crippen molar-refractivity contribution in [2.75, 3.05) is 0 Å². The van der Waals surface area contributed by atoms with Gasteiger partial charge in [0.15, 0.2) is 0 Å². The third-order valence-corrected chi connectivity index (χ3v) is 3.40. The van der Waals surface area contributed by atoms with Gasteiger partial charge in [-0.1, -0.05) is 20.8 Å². The molecule has 0 amide bonds. The van der Waals surface area contributed by atoms with E-state index < -0.39 is 5.41 Å². The summed E-state index contributed by atoms with van der Waals surface area (Å²) in [7, 11) is 0. The molecule has 0 aliphatic heterocycles. The fourth-order valence-corrected chi connectivity index (χ4v) is 2.19. The Labute approximate surface area is 146 Å². The zero-order chi connectivity index (χ0) is 17.9. The van der Waals surface area contributed by atoms with Crippen molar-refractivity contribution in [1.29, 1.82) is 0 Å². The first-order chi connectivity index (χ1) is 11.2. The maximum atomic E-state index is 12.5. The molecule has 0 fully saturated rings. The second kappa shape index (κ2) is 7.09. The Morgan fingerprint density at radius 1 is 1.29 bits per heavy atom. The zero-order valence-corrected chi connectivity index (χ0v) is 15.3. The summed E-state index contributed by atoms with van der Waals surface area (Å²) in [6, 6.07) is 7.45. The molecule has 6 nitrogen and oxygen atoms in total. The Morgan fingerprint density at radius 2 is 1.92 bits per heavy atom. The van der Waals surface area contributed by atoms with Gasteiger partial charge >= 0.3 is 0 Å². The van der Waals surface area contributed by atoms with Crippen molar-refractivity contribution >= 4 is 18.4 Å². The summed E-state index contributed by atoms with van der Waals surface area (Å²) in [6.07, 6.45) is 1.70. The highest BCUT2D eigenvalue weighted by atomic mass is 32.1. The molecule has 7 heteroatoms. The van der Waals surface area contributed by atoms with Crippen LogP contribution in [0.25, 0.3) is 0 Å². The quantitative estimate of drug-likeness (QED) is 0.681. The van der Waals surface area contributed by atoms with E-state index in [1.807, 2.05) is 58.9 Å². The van der Waals surface area contributed by atoms with Gasteiger partial charge in [-0.25, -0.2) is 0 Å². The van der Waals surface area contributed by atoms with Crippen LogP contribution < -0.4 is 10.3 Å². The van der Waals surface area contributed by atoms with Crippen LogP contribution in [0.3, 0.4) is 0 Å². The lowest BCUT2D eigenvalue weighted by molar-refractivity contribution is 0.242. The molecule has 0 aliphatic carbocycles. The SMILES string of the molecule is CC(C)Oc1ccc(/C=N\n2c(=S)[nH]nc(C(C)(C)C)c2=O)cc1.